The van der Waals surface area contributed by atoms with Crippen molar-refractivity contribution in [1.82, 2.24) is 10.3 Å². The SMILES string of the molecule is O=C1CN(/N=C\C=C/c2ccc([N+](=O)[O-])o2)C(=O)N1. The Morgan fingerprint density at radius 3 is 2.84 bits per heavy atom. The fraction of sp³-hybridized carbons (Fsp3) is 0.100. The summed E-state index contributed by atoms with van der Waals surface area (Å²) in [5, 5.41) is 17.1. The van der Waals surface area contributed by atoms with E-state index in [0.29, 0.717) is 0 Å². The van der Waals surface area contributed by atoms with E-state index in [4.69, 9.17) is 4.42 Å². The molecule has 9 heteroatoms. The summed E-state index contributed by atoms with van der Waals surface area (Å²) in [5.74, 6) is -0.506. The molecule has 1 fully saturated rings. The smallest absolute Gasteiger partial charge is 0.401 e. The summed E-state index contributed by atoms with van der Waals surface area (Å²) < 4.78 is 4.86. The minimum Gasteiger partial charge on any atom is -0.401 e. The van der Waals surface area contributed by atoms with E-state index < -0.39 is 16.9 Å². The van der Waals surface area contributed by atoms with E-state index in [0.717, 1.165) is 5.01 Å². The Labute approximate surface area is 106 Å². The van der Waals surface area contributed by atoms with Crippen molar-refractivity contribution in [3.63, 3.8) is 0 Å². The molecule has 1 aromatic heterocycles. The topological polar surface area (TPSA) is 118 Å². The summed E-state index contributed by atoms with van der Waals surface area (Å²) in [6, 6.07) is 2.06. The summed E-state index contributed by atoms with van der Waals surface area (Å²) >= 11 is 0. The van der Waals surface area contributed by atoms with Crippen LogP contribution in [0.1, 0.15) is 5.76 Å². The van der Waals surface area contributed by atoms with E-state index in [1.807, 2.05) is 0 Å². The van der Waals surface area contributed by atoms with Gasteiger partial charge in [0.05, 0.1) is 6.07 Å². The molecule has 0 unspecified atom stereocenters. The summed E-state index contributed by atoms with van der Waals surface area (Å²) in [7, 11) is 0. The minimum atomic E-state index is -0.647. The van der Waals surface area contributed by atoms with Gasteiger partial charge >= 0.3 is 11.9 Å². The molecule has 2 rings (SSSR count). The number of nitrogens with zero attached hydrogens (tertiary/aromatic N) is 3. The molecular formula is C10H8N4O5. The third-order valence-electron chi connectivity index (χ3n) is 2.12. The second-order valence-corrected chi connectivity index (χ2v) is 3.47. The zero-order chi connectivity index (χ0) is 13.8. The number of allylic oxidation sites excluding steroid dienone is 1. The first-order chi connectivity index (χ1) is 9.06. The maximum Gasteiger partial charge on any atom is 0.433 e. The Morgan fingerprint density at radius 2 is 2.26 bits per heavy atom. The fourth-order valence-electron chi connectivity index (χ4n) is 1.31. The molecule has 1 N–H and O–H groups in total. The third kappa shape index (κ3) is 3.03. The first kappa shape index (κ1) is 12.5. The molecule has 1 aliphatic heterocycles. The third-order valence-corrected chi connectivity index (χ3v) is 2.12. The molecule has 0 radical (unpaired) electrons. The zero-order valence-corrected chi connectivity index (χ0v) is 9.48. The average Bonchev–Trinajstić information content (AvgIpc) is 2.92. The standard InChI is InChI=1S/C10H8N4O5/c15-8-6-13(10(16)12-8)11-5-1-2-7-3-4-9(19-7)14(17)18/h1-5H,6H2,(H,12,15,16)/b2-1-,11-5-. The van der Waals surface area contributed by atoms with Gasteiger partial charge in [0.25, 0.3) is 0 Å². The van der Waals surface area contributed by atoms with Crippen LogP contribution >= 0.6 is 0 Å². The van der Waals surface area contributed by atoms with Crippen LogP contribution in [0.4, 0.5) is 10.7 Å². The van der Waals surface area contributed by atoms with Crippen LogP contribution in [0.2, 0.25) is 0 Å². The van der Waals surface area contributed by atoms with E-state index in [9.17, 15) is 19.7 Å². The van der Waals surface area contributed by atoms with E-state index in [1.165, 1.54) is 30.5 Å². The van der Waals surface area contributed by atoms with Gasteiger partial charge in [-0.25, -0.2) is 9.80 Å². The Kier molecular flexibility index (Phi) is 3.37. The number of rotatable bonds is 4. The predicted octanol–water partition coefficient (Wildman–Crippen LogP) is 0.739. The molecule has 19 heavy (non-hydrogen) atoms. The lowest BCUT2D eigenvalue weighted by Crippen LogP contribution is -2.23. The highest BCUT2D eigenvalue weighted by molar-refractivity contribution is 6.02. The lowest BCUT2D eigenvalue weighted by Gasteiger charge is -2.02. The normalized spacial score (nSPS) is 15.7. The summed E-state index contributed by atoms with van der Waals surface area (Å²) in [6.45, 7) is -0.130. The number of furan rings is 1. The van der Waals surface area contributed by atoms with E-state index in [-0.39, 0.29) is 18.2 Å². The van der Waals surface area contributed by atoms with Gasteiger partial charge in [0, 0.05) is 6.21 Å². The molecular weight excluding hydrogens is 256 g/mol. The highest BCUT2D eigenvalue weighted by Gasteiger charge is 2.25. The van der Waals surface area contributed by atoms with Gasteiger partial charge in [0.2, 0.25) is 5.91 Å². The van der Waals surface area contributed by atoms with Crippen LogP contribution in [0.3, 0.4) is 0 Å². The van der Waals surface area contributed by atoms with Crippen molar-refractivity contribution in [3.05, 3.63) is 34.1 Å². The van der Waals surface area contributed by atoms with Crippen LogP contribution in [0.5, 0.6) is 0 Å². The molecule has 0 saturated carbocycles. The second kappa shape index (κ2) is 5.12. The molecule has 1 aliphatic rings. The number of urea groups is 1. The van der Waals surface area contributed by atoms with Crippen molar-refractivity contribution in [2.24, 2.45) is 5.10 Å². The van der Waals surface area contributed by atoms with E-state index in [2.05, 4.69) is 10.4 Å². The molecule has 1 saturated heterocycles. The van der Waals surface area contributed by atoms with Crippen LogP contribution in [0.25, 0.3) is 6.08 Å². The molecule has 0 bridgehead atoms. The molecule has 0 aliphatic carbocycles. The monoisotopic (exact) mass is 264 g/mol. The van der Waals surface area contributed by atoms with Crippen LogP contribution in [-0.4, -0.2) is 34.6 Å². The molecule has 2 heterocycles. The number of carbonyl (C=O) groups excluding carboxylic acids is 2. The largest absolute Gasteiger partial charge is 0.433 e. The van der Waals surface area contributed by atoms with Crippen molar-refractivity contribution >= 4 is 30.1 Å². The number of nitro groups is 1. The first-order valence-electron chi connectivity index (χ1n) is 5.12. The number of hydrazone groups is 1. The Balaban J connectivity index is 1.94. The van der Waals surface area contributed by atoms with Crippen molar-refractivity contribution in [2.75, 3.05) is 6.54 Å². The molecule has 0 atom stereocenters. The molecule has 1 aromatic rings. The summed E-state index contributed by atoms with van der Waals surface area (Å²) in [5.41, 5.74) is 0. The van der Waals surface area contributed by atoms with Crippen LogP contribution in [-0.2, 0) is 4.79 Å². The zero-order valence-electron chi connectivity index (χ0n) is 9.48. The maximum absolute atomic E-state index is 11.1. The number of nitrogens with one attached hydrogen (secondary N) is 1. The summed E-state index contributed by atoms with van der Waals surface area (Å²) in [4.78, 5) is 31.6. The lowest BCUT2D eigenvalue weighted by atomic mass is 10.4. The van der Waals surface area contributed by atoms with E-state index >= 15 is 0 Å². The van der Waals surface area contributed by atoms with Crippen LogP contribution < -0.4 is 5.32 Å². The Bertz CT molecular complexity index is 588. The van der Waals surface area contributed by atoms with Crippen LogP contribution in [0.15, 0.2) is 27.7 Å². The average molecular weight is 264 g/mol. The Hall–Kier alpha value is -2.97. The van der Waals surface area contributed by atoms with Crippen molar-refractivity contribution in [3.8, 4) is 0 Å². The number of amides is 3. The Morgan fingerprint density at radius 1 is 1.47 bits per heavy atom. The number of carbonyl (C=O) groups is 2. The van der Waals surface area contributed by atoms with Gasteiger partial charge in [-0.1, -0.05) is 0 Å². The van der Waals surface area contributed by atoms with Gasteiger partial charge in [0.1, 0.15) is 17.2 Å². The van der Waals surface area contributed by atoms with Crippen molar-refractivity contribution in [2.45, 2.75) is 0 Å². The second-order valence-electron chi connectivity index (χ2n) is 3.47. The minimum absolute atomic E-state index is 0.130. The van der Waals surface area contributed by atoms with Crippen molar-refractivity contribution in [1.29, 1.82) is 0 Å². The van der Waals surface area contributed by atoms with E-state index in [1.54, 1.807) is 0 Å². The summed E-state index contributed by atoms with van der Waals surface area (Å²) in [6.07, 6.45) is 4.14. The van der Waals surface area contributed by atoms with Crippen LogP contribution in [0, 0.1) is 10.1 Å². The fourth-order valence-corrected chi connectivity index (χ4v) is 1.31. The predicted molar refractivity (Wildman–Crippen MR) is 63.1 cm³/mol. The van der Waals surface area contributed by atoms with Gasteiger partial charge in [-0.05, 0) is 18.2 Å². The number of hydrogen-bond donors (Lipinski definition) is 1. The van der Waals surface area contributed by atoms with Gasteiger partial charge in [-0.3, -0.25) is 20.2 Å². The first-order valence-corrected chi connectivity index (χ1v) is 5.12. The van der Waals surface area contributed by atoms with Gasteiger partial charge < -0.3 is 4.42 Å². The van der Waals surface area contributed by atoms with Gasteiger partial charge in [-0.2, -0.15) is 5.10 Å². The van der Waals surface area contributed by atoms with Crippen molar-refractivity contribution < 1.29 is 18.9 Å². The maximum atomic E-state index is 11.1. The molecule has 3 amide bonds. The lowest BCUT2D eigenvalue weighted by molar-refractivity contribution is -0.402. The molecule has 0 spiro atoms. The number of imide groups is 1. The highest BCUT2D eigenvalue weighted by Crippen LogP contribution is 2.16. The highest BCUT2D eigenvalue weighted by atomic mass is 16.6. The van der Waals surface area contributed by atoms with Gasteiger partial charge in [0.15, 0.2) is 0 Å². The molecule has 0 aromatic carbocycles. The quantitative estimate of drug-likeness (QED) is 0.372. The van der Waals surface area contributed by atoms with Gasteiger partial charge in [-0.15, -0.1) is 0 Å². The number of hydrogen-bond acceptors (Lipinski definition) is 6. The molecule has 98 valence electrons. The molecule has 9 nitrogen and oxygen atoms in total.